The van der Waals surface area contributed by atoms with Gasteiger partial charge in [-0.15, -0.1) is 0 Å². The molecule has 1 aromatic rings. The molecule has 1 aliphatic rings. The van der Waals surface area contributed by atoms with Crippen LogP contribution in [0.2, 0.25) is 10.0 Å². The summed E-state index contributed by atoms with van der Waals surface area (Å²) in [7, 11) is 2.04. The van der Waals surface area contributed by atoms with Crippen molar-refractivity contribution in [2.24, 2.45) is 5.10 Å². The van der Waals surface area contributed by atoms with E-state index < -0.39 is 11.8 Å². The molecule has 0 spiro atoms. The van der Waals surface area contributed by atoms with Crippen LogP contribution < -0.4 is 10.7 Å². The summed E-state index contributed by atoms with van der Waals surface area (Å²) in [5, 5.41) is 7.40. The van der Waals surface area contributed by atoms with Crippen molar-refractivity contribution in [2.45, 2.75) is 19.3 Å². The fraction of sp³-hybridized carbons (Fsp3) is 0.400. The number of nitrogens with one attached hydrogen (secondary N) is 2. The molecule has 2 rings (SSSR count). The van der Waals surface area contributed by atoms with E-state index in [0.29, 0.717) is 15.7 Å². The average molecular weight is 357 g/mol. The molecule has 0 unspecified atom stereocenters. The van der Waals surface area contributed by atoms with Crippen LogP contribution in [0.5, 0.6) is 0 Å². The molecule has 1 heterocycles. The first-order valence-electron chi connectivity index (χ1n) is 7.22. The lowest BCUT2D eigenvalue weighted by Gasteiger charge is -2.22. The molecule has 0 saturated carbocycles. The minimum atomic E-state index is -0.450. The maximum Gasteiger partial charge on any atom is 0.249 e. The van der Waals surface area contributed by atoms with Gasteiger partial charge in [0.05, 0.1) is 10.0 Å². The normalized spacial score (nSPS) is 15.2. The van der Waals surface area contributed by atoms with Gasteiger partial charge >= 0.3 is 0 Å². The highest BCUT2D eigenvalue weighted by molar-refractivity contribution is 6.42. The van der Waals surface area contributed by atoms with Crippen molar-refractivity contribution < 1.29 is 9.59 Å². The summed E-state index contributed by atoms with van der Waals surface area (Å²) in [4.78, 5) is 25.7. The van der Waals surface area contributed by atoms with E-state index in [2.05, 4.69) is 20.7 Å². The number of carbonyl (C=O) groups excluding carboxylic acids is 2. The topological polar surface area (TPSA) is 73.8 Å². The molecule has 1 saturated heterocycles. The number of amides is 2. The second-order valence-corrected chi connectivity index (χ2v) is 6.18. The first-order chi connectivity index (χ1) is 10.9. The van der Waals surface area contributed by atoms with Gasteiger partial charge in [0.25, 0.3) is 0 Å². The number of rotatable bonds is 4. The zero-order valence-electron chi connectivity index (χ0n) is 12.7. The minimum absolute atomic E-state index is 0.309. The van der Waals surface area contributed by atoms with E-state index >= 15 is 0 Å². The van der Waals surface area contributed by atoms with Crippen molar-refractivity contribution >= 4 is 46.4 Å². The number of nitrogens with zero attached hydrogens (tertiary/aromatic N) is 2. The summed E-state index contributed by atoms with van der Waals surface area (Å²) in [5.41, 5.74) is 3.86. The van der Waals surface area contributed by atoms with Gasteiger partial charge in [-0.2, -0.15) is 5.10 Å². The molecule has 1 aliphatic heterocycles. The van der Waals surface area contributed by atoms with E-state index in [-0.39, 0.29) is 6.42 Å². The number of piperidine rings is 1. The molecule has 1 aromatic carbocycles. The lowest BCUT2D eigenvalue weighted by atomic mass is 10.1. The molecule has 0 aromatic heterocycles. The van der Waals surface area contributed by atoms with Crippen LogP contribution in [0.1, 0.15) is 19.3 Å². The first-order valence-corrected chi connectivity index (χ1v) is 7.97. The number of benzene rings is 1. The van der Waals surface area contributed by atoms with Gasteiger partial charge in [0.2, 0.25) is 11.8 Å². The summed E-state index contributed by atoms with van der Waals surface area (Å²) < 4.78 is 0. The molecule has 2 N–H and O–H groups in total. The van der Waals surface area contributed by atoms with Gasteiger partial charge < -0.3 is 10.2 Å². The lowest BCUT2D eigenvalue weighted by Crippen LogP contribution is -2.32. The Balaban J connectivity index is 1.79. The molecule has 1 fully saturated rings. The van der Waals surface area contributed by atoms with Crippen molar-refractivity contribution in [1.82, 2.24) is 10.3 Å². The van der Waals surface area contributed by atoms with Crippen LogP contribution in [-0.4, -0.2) is 42.6 Å². The third kappa shape index (κ3) is 5.82. The number of anilines is 1. The second-order valence-electron chi connectivity index (χ2n) is 5.37. The SMILES string of the molecule is CN1CCC(=NNC(=O)CC(=O)Nc2ccc(Cl)c(Cl)c2)CC1. The Hall–Kier alpha value is -1.63. The summed E-state index contributed by atoms with van der Waals surface area (Å²) in [6.07, 6.45) is 1.34. The van der Waals surface area contributed by atoms with Crippen LogP contribution in [0.15, 0.2) is 23.3 Å². The van der Waals surface area contributed by atoms with Crippen LogP contribution in [-0.2, 0) is 9.59 Å². The number of carbonyl (C=O) groups is 2. The molecule has 0 atom stereocenters. The van der Waals surface area contributed by atoms with Crippen LogP contribution in [0.25, 0.3) is 0 Å². The molecular weight excluding hydrogens is 339 g/mol. The van der Waals surface area contributed by atoms with Crippen molar-refractivity contribution in [3.63, 3.8) is 0 Å². The van der Waals surface area contributed by atoms with Crippen molar-refractivity contribution in [2.75, 3.05) is 25.5 Å². The Kier molecular flexibility index (Phi) is 6.38. The molecule has 23 heavy (non-hydrogen) atoms. The van der Waals surface area contributed by atoms with Crippen LogP contribution in [0.4, 0.5) is 5.69 Å². The standard InChI is InChI=1S/C15H18Cl2N4O2/c1-21-6-4-10(5-7-21)19-20-15(23)9-14(22)18-11-2-3-12(16)13(17)8-11/h2-3,8H,4-7,9H2,1H3,(H,18,22)(H,20,23). The third-order valence-electron chi connectivity index (χ3n) is 3.43. The van der Waals surface area contributed by atoms with Gasteiger partial charge in [-0.25, -0.2) is 5.43 Å². The first kappa shape index (κ1) is 17.7. The van der Waals surface area contributed by atoms with E-state index in [0.717, 1.165) is 31.6 Å². The van der Waals surface area contributed by atoms with E-state index in [9.17, 15) is 9.59 Å². The van der Waals surface area contributed by atoms with E-state index in [1.54, 1.807) is 12.1 Å². The maximum atomic E-state index is 11.8. The predicted molar refractivity (Wildman–Crippen MR) is 92.0 cm³/mol. The Morgan fingerprint density at radius 3 is 2.52 bits per heavy atom. The number of hydrogen-bond acceptors (Lipinski definition) is 4. The Morgan fingerprint density at radius 2 is 1.87 bits per heavy atom. The molecule has 2 amide bonds. The average Bonchev–Trinajstić information content (AvgIpc) is 2.50. The summed E-state index contributed by atoms with van der Waals surface area (Å²) in [6, 6.07) is 4.72. The molecular formula is C15H18Cl2N4O2. The number of likely N-dealkylation sites (tertiary alicyclic amines) is 1. The molecule has 0 radical (unpaired) electrons. The molecule has 0 bridgehead atoms. The molecule has 8 heteroatoms. The van der Waals surface area contributed by atoms with Crippen LogP contribution >= 0.6 is 23.2 Å². The highest BCUT2D eigenvalue weighted by Crippen LogP contribution is 2.24. The smallest absolute Gasteiger partial charge is 0.249 e. The minimum Gasteiger partial charge on any atom is -0.326 e. The fourth-order valence-electron chi connectivity index (χ4n) is 2.09. The van der Waals surface area contributed by atoms with Gasteiger partial charge in [0.1, 0.15) is 6.42 Å². The van der Waals surface area contributed by atoms with E-state index in [1.165, 1.54) is 6.07 Å². The Morgan fingerprint density at radius 1 is 1.17 bits per heavy atom. The van der Waals surface area contributed by atoms with Crippen LogP contribution in [0, 0.1) is 0 Å². The molecule has 6 nitrogen and oxygen atoms in total. The van der Waals surface area contributed by atoms with Gasteiger partial charge in [0, 0.05) is 37.3 Å². The van der Waals surface area contributed by atoms with E-state index in [4.69, 9.17) is 23.2 Å². The van der Waals surface area contributed by atoms with Crippen LogP contribution in [0.3, 0.4) is 0 Å². The number of halogens is 2. The van der Waals surface area contributed by atoms with Gasteiger partial charge in [-0.3, -0.25) is 9.59 Å². The zero-order valence-corrected chi connectivity index (χ0v) is 14.2. The predicted octanol–water partition coefficient (Wildman–Crippen LogP) is 2.52. The largest absolute Gasteiger partial charge is 0.326 e. The quantitative estimate of drug-likeness (QED) is 0.642. The fourth-order valence-corrected chi connectivity index (χ4v) is 2.39. The summed E-state index contributed by atoms with van der Waals surface area (Å²) in [5.74, 6) is -0.890. The van der Waals surface area contributed by atoms with Gasteiger partial charge in [0.15, 0.2) is 0 Å². The molecule has 124 valence electrons. The van der Waals surface area contributed by atoms with Crippen molar-refractivity contribution in [3.8, 4) is 0 Å². The Labute approximate surface area is 144 Å². The molecule has 0 aliphatic carbocycles. The Bertz CT molecular complexity index is 624. The number of hydrazone groups is 1. The van der Waals surface area contributed by atoms with Gasteiger partial charge in [-0.1, -0.05) is 23.2 Å². The lowest BCUT2D eigenvalue weighted by molar-refractivity contribution is -0.126. The van der Waals surface area contributed by atoms with Crippen molar-refractivity contribution in [3.05, 3.63) is 28.2 Å². The maximum absolute atomic E-state index is 11.8. The third-order valence-corrected chi connectivity index (χ3v) is 4.17. The highest BCUT2D eigenvalue weighted by Gasteiger charge is 2.13. The van der Waals surface area contributed by atoms with Gasteiger partial charge in [-0.05, 0) is 25.2 Å². The van der Waals surface area contributed by atoms with Crippen molar-refractivity contribution in [1.29, 1.82) is 0 Å². The summed E-state index contributed by atoms with van der Waals surface area (Å²) >= 11 is 11.7. The number of hydrogen-bond donors (Lipinski definition) is 2. The highest BCUT2D eigenvalue weighted by atomic mass is 35.5. The van der Waals surface area contributed by atoms with E-state index in [1.807, 2.05) is 7.05 Å². The monoisotopic (exact) mass is 356 g/mol. The summed E-state index contributed by atoms with van der Waals surface area (Å²) in [6.45, 7) is 1.85. The zero-order chi connectivity index (χ0) is 16.8. The second kappa shape index (κ2) is 8.29.